The lowest BCUT2D eigenvalue weighted by molar-refractivity contribution is -0.156. The highest BCUT2D eigenvalue weighted by atomic mass is 16.5. The van der Waals surface area contributed by atoms with Crippen LogP contribution in [-0.2, 0) is 14.3 Å². The van der Waals surface area contributed by atoms with E-state index >= 15 is 0 Å². The van der Waals surface area contributed by atoms with Gasteiger partial charge in [0.25, 0.3) is 0 Å². The van der Waals surface area contributed by atoms with Crippen molar-refractivity contribution in [2.24, 2.45) is 11.8 Å². The average molecular weight is 307 g/mol. The SMILES string of the molecule is O=C(CN1CCCCCC1=O)O[C@@H]1CC[C@@H]2CCCC[C@@H]2C1. The van der Waals surface area contributed by atoms with E-state index in [0.29, 0.717) is 13.0 Å². The number of likely N-dealkylation sites (tertiary alicyclic amines) is 1. The van der Waals surface area contributed by atoms with Gasteiger partial charge in [0, 0.05) is 13.0 Å². The minimum absolute atomic E-state index is 0.0916. The summed E-state index contributed by atoms with van der Waals surface area (Å²) >= 11 is 0. The first kappa shape index (κ1) is 15.8. The molecule has 22 heavy (non-hydrogen) atoms. The average Bonchev–Trinajstić information content (AvgIpc) is 2.72. The van der Waals surface area contributed by atoms with Gasteiger partial charge in [0.15, 0.2) is 0 Å². The van der Waals surface area contributed by atoms with E-state index < -0.39 is 0 Å². The molecule has 0 unspecified atom stereocenters. The number of hydrogen-bond donors (Lipinski definition) is 0. The summed E-state index contributed by atoms with van der Waals surface area (Å²) in [6.07, 6.45) is 12.4. The molecule has 1 amide bonds. The van der Waals surface area contributed by atoms with Crippen molar-refractivity contribution in [1.29, 1.82) is 0 Å². The zero-order chi connectivity index (χ0) is 15.4. The molecule has 2 aliphatic carbocycles. The van der Waals surface area contributed by atoms with Crippen LogP contribution in [0.2, 0.25) is 0 Å². The number of ether oxygens (including phenoxy) is 1. The van der Waals surface area contributed by atoms with Crippen LogP contribution in [0.1, 0.15) is 70.6 Å². The van der Waals surface area contributed by atoms with Crippen molar-refractivity contribution < 1.29 is 14.3 Å². The van der Waals surface area contributed by atoms with E-state index in [1.165, 1.54) is 32.1 Å². The molecule has 3 fully saturated rings. The minimum atomic E-state index is -0.200. The van der Waals surface area contributed by atoms with E-state index in [-0.39, 0.29) is 24.5 Å². The lowest BCUT2D eigenvalue weighted by Crippen LogP contribution is -2.39. The third kappa shape index (κ3) is 4.02. The Hall–Kier alpha value is -1.06. The van der Waals surface area contributed by atoms with Gasteiger partial charge < -0.3 is 9.64 Å². The number of carbonyl (C=O) groups excluding carboxylic acids is 2. The summed E-state index contributed by atoms with van der Waals surface area (Å²) in [5.74, 6) is 1.55. The summed E-state index contributed by atoms with van der Waals surface area (Å²) in [7, 11) is 0. The number of nitrogens with zero attached hydrogens (tertiary/aromatic N) is 1. The Morgan fingerprint density at radius 2 is 1.82 bits per heavy atom. The Bertz CT molecular complexity index is 409. The van der Waals surface area contributed by atoms with E-state index in [1.54, 1.807) is 4.90 Å². The quantitative estimate of drug-likeness (QED) is 0.752. The van der Waals surface area contributed by atoms with Crippen LogP contribution in [0.25, 0.3) is 0 Å². The number of hydrogen-bond acceptors (Lipinski definition) is 3. The van der Waals surface area contributed by atoms with Crippen molar-refractivity contribution in [3.8, 4) is 0 Å². The fourth-order valence-electron chi connectivity index (χ4n) is 4.52. The smallest absolute Gasteiger partial charge is 0.325 e. The highest BCUT2D eigenvalue weighted by Crippen LogP contribution is 2.41. The van der Waals surface area contributed by atoms with Crippen molar-refractivity contribution in [2.45, 2.75) is 76.7 Å². The topological polar surface area (TPSA) is 46.6 Å². The molecule has 0 spiro atoms. The second-order valence-electron chi connectivity index (χ2n) is 7.36. The molecule has 1 heterocycles. The monoisotopic (exact) mass is 307 g/mol. The second kappa shape index (κ2) is 7.47. The van der Waals surface area contributed by atoms with Crippen LogP contribution in [0.5, 0.6) is 0 Å². The predicted molar refractivity (Wildman–Crippen MR) is 84.2 cm³/mol. The Morgan fingerprint density at radius 3 is 2.68 bits per heavy atom. The van der Waals surface area contributed by atoms with Crippen LogP contribution >= 0.6 is 0 Å². The molecule has 1 aliphatic heterocycles. The molecule has 0 aromatic heterocycles. The Kier molecular flexibility index (Phi) is 5.37. The van der Waals surface area contributed by atoms with Crippen molar-refractivity contribution in [3.63, 3.8) is 0 Å². The van der Waals surface area contributed by atoms with Gasteiger partial charge in [-0.25, -0.2) is 0 Å². The largest absolute Gasteiger partial charge is 0.461 e. The van der Waals surface area contributed by atoms with Gasteiger partial charge in [0.1, 0.15) is 12.6 Å². The molecule has 2 saturated carbocycles. The van der Waals surface area contributed by atoms with Crippen LogP contribution in [0.3, 0.4) is 0 Å². The summed E-state index contributed by atoms with van der Waals surface area (Å²) < 4.78 is 5.70. The van der Waals surface area contributed by atoms with E-state index in [0.717, 1.165) is 43.9 Å². The van der Waals surface area contributed by atoms with E-state index in [4.69, 9.17) is 4.74 Å². The number of esters is 1. The molecule has 1 saturated heterocycles. The van der Waals surface area contributed by atoms with Crippen molar-refractivity contribution in [3.05, 3.63) is 0 Å². The molecular formula is C18H29NO3. The molecule has 0 N–H and O–H groups in total. The van der Waals surface area contributed by atoms with Crippen molar-refractivity contribution in [2.75, 3.05) is 13.1 Å². The molecule has 124 valence electrons. The zero-order valence-electron chi connectivity index (χ0n) is 13.6. The Labute approximate surface area is 133 Å². The maximum absolute atomic E-state index is 12.2. The lowest BCUT2D eigenvalue weighted by Gasteiger charge is -2.39. The number of amides is 1. The van der Waals surface area contributed by atoms with Crippen LogP contribution in [0.15, 0.2) is 0 Å². The van der Waals surface area contributed by atoms with E-state index in [1.807, 2.05) is 0 Å². The van der Waals surface area contributed by atoms with Gasteiger partial charge in [-0.2, -0.15) is 0 Å². The molecular weight excluding hydrogens is 278 g/mol. The van der Waals surface area contributed by atoms with Crippen LogP contribution < -0.4 is 0 Å². The fourth-order valence-corrected chi connectivity index (χ4v) is 4.52. The summed E-state index contributed by atoms with van der Waals surface area (Å²) in [5, 5.41) is 0. The van der Waals surface area contributed by atoms with Crippen molar-refractivity contribution >= 4 is 11.9 Å². The summed E-state index contributed by atoms with van der Waals surface area (Å²) in [6.45, 7) is 0.868. The van der Waals surface area contributed by atoms with Gasteiger partial charge in [0.2, 0.25) is 5.91 Å². The van der Waals surface area contributed by atoms with E-state index in [9.17, 15) is 9.59 Å². The van der Waals surface area contributed by atoms with Crippen LogP contribution in [0, 0.1) is 11.8 Å². The molecule has 3 rings (SSSR count). The molecule has 4 heteroatoms. The first-order valence-electron chi connectivity index (χ1n) is 9.19. The number of carbonyl (C=O) groups is 2. The second-order valence-corrected chi connectivity index (χ2v) is 7.36. The lowest BCUT2D eigenvalue weighted by atomic mass is 9.70. The van der Waals surface area contributed by atoms with Crippen LogP contribution in [0.4, 0.5) is 0 Å². The highest BCUT2D eigenvalue weighted by molar-refractivity contribution is 5.82. The third-order valence-corrected chi connectivity index (χ3v) is 5.78. The zero-order valence-corrected chi connectivity index (χ0v) is 13.6. The predicted octanol–water partition coefficient (Wildman–Crippen LogP) is 3.29. The van der Waals surface area contributed by atoms with Gasteiger partial charge in [-0.1, -0.05) is 32.1 Å². The van der Waals surface area contributed by atoms with Crippen molar-refractivity contribution in [1.82, 2.24) is 4.90 Å². The van der Waals surface area contributed by atoms with Gasteiger partial charge in [-0.05, 0) is 43.9 Å². The van der Waals surface area contributed by atoms with Gasteiger partial charge >= 0.3 is 5.97 Å². The summed E-state index contributed by atoms with van der Waals surface area (Å²) in [5.41, 5.74) is 0. The molecule has 0 radical (unpaired) electrons. The highest BCUT2D eigenvalue weighted by Gasteiger charge is 2.34. The third-order valence-electron chi connectivity index (χ3n) is 5.78. The van der Waals surface area contributed by atoms with E-state index in [2.05, 4.69) is 0 Å². The van der Waals surface area contributed by atoms with Crippen LogP contribution in [-0.4, -0.2) is 36.0 Å². The van der Waals surface area contributed by atoms with Gasteiger partial charge in [-0.15, -0.1) is 0 Å². The fraction of sp³-hybridized carbons (Fsp3) is 0.889. The standard InChI is InChI=1S/C18H29NO3/c20-17-8-2-1-5-11-19(17)13-18(21)22-16-10-9-14-6-3-4-7-15(14)12-16/h14-16H,1-13H2/t14-,15+,16+/m0/s1. The van der Waals surface area contributed by atoms with Gasteiger partial charge in [0.05, 0.1) is 0 Å². The molecule has 0 bridgehead atoms. The first-order chi connectivity index (χ1) is 10.7. The number of fused-ring (bicyclic) bond motifs is 1. The minimum Gasteiger partial charge on any atom is -0.461 e. The molecule has 3 atom stereocenters. The Morgan fingerprint density at radius 1 is 1.00 bits per heavy atom. The molecule has 4 nitrogen and oxygen atoms in total. The summed E-state index contributed by atoms with van der Waals surface area (Å²) in [4.78, 5) is 25.8. The maximum atomic E-state index is 12.2. The first-order valence-corrected chi connectivity index (χ1v) is 9.19. The molecule has 0 aromatic carbocycles. The summed E-state index contributed by atoms with van der Waals surface area (Å²) in [6, 6.07) is 0. The molecule has 0 aromatic rings. The Balaban J connectivity index is 1.46. The molecule has 3 aliphatic rings. The number of rotatable bonds is 3. The normalized spacial score (nSPS) is 33.0. The van der Waals surface area contributed by atoms with Gasteiger partial charge in [-0.3, -0.25) is 9.59 Å². The maximum Gasteiger partial charge on any atom is 0.325 e.